The molecule has 14 nitrogen and oxygen atoms in total. The fraction of sp³-hybridized carbons (Fsp3) is 0.475. The van der Waals surface area contributed by atoms with Crippen LogP contribution in [0.4, 0.5) is 4.79 Å². The SMILES string of the molecule is COc1cc([C@@H]2c3cc4c(cc3CC3COC(=O)[C@@H]32)OCO4)cc(OC)c1OC(=O)[C@H](Cc1ccc(O)cc1)NC(=O)OC1CC(C)(C)N([O])C(C)(C)C1. The summed E-state index contributed by atoms with van der Waals surface area (Å²) in [6, 6.07) is 12.2. The van der Waals surface area contributed by atoms with E-state index in [0.29, 0.717) is 48.5 Å². The average Bonchev–Trinajstić information content (AvgIpc) is 3.74. The van der Waals surface area contributed by atoms with Crippen molar-refractivity contribution in [3.05, 3.63) is 70.8 Å². The van der Waals surface area contributed by atoms with E-state index in [0.717, 1.165) is 16.2 Å². The largest absolute Gasteiger partial charge is 0.508 e. The summed E-state index contributed by atoms with van der Waals surface area (Å²) in [5.41, 5.74) is 1.64. The molecule has 1 amide bonds. The number of fused-ring (bicyclic) bond motifs is 3. The number of nitrogens with zero attached hydrogens (tertiary/aromatic N) is 1. The minimum Gasteiger partial charge on any atom is -0.508 e. The molecule has 0 aromatic heterocycles. The number of aromatic hydroxyl groups is 1. The lowest BCUT2D eigenvalue weighted by Gasteiger charge is -2.49. The Labute approximate surface area is 313 Å². The molecule has 14 heteroatoms. The number of hydroxylamine groups is 2. The van der Waals surface area contributed by atoms with Crippen LogP contribution in [0.5, 0.6) is 34.5 Å². The van der Waals surface area contributed by atoms with Crippen LogP contribution in [0.2, 0.25) is 0 Å². The molecule has 2 saturated heterocycles. The number of alkyl carbamates (subject to hydrolysis) is 1. The Kier molecular flexibility index (Phi) is 9.77. The van der Waals surface area contributed by atoms with Gasteiger partial charge in [-0.1, -0.05) is 12.1 Å². The first kappa shape index (κ1) is 37.1. The van der Waals surface area contributed by atoms with Crippen LogP contribution in [-0.4, -0.2) is 79.0 Å². The van der Waals surface area contributed by atoms with Crippen LogP contribution in [-0.2, 0) is 37.1 Å². The van der Waals surface area contributed by atoms with Gasteiger partial charge in [0.15, 0.2) is 23.0 Å². The van der Waals surface area contributed by atoms with Crippen molar-refractivity contribution in [2.24, 2.45) is 11.8 Å². The normalized spacial score (nSPS) is 23.0. The van der Waals surface area contributed by atoms with E-state index >= 15 is 0 Å². The molecule has 1 radical (unpaired) electrons. The zero-order chi connectivity index (χ0) is 38.5. The summed E-state index contributed by atoms with van der Waals surface area (Å²) < 4.78 is 40.2. The molecule has 3 aromatic carbocycles. The van der Waals surface area contributed by atoms with Gasteiger partial charge < -0.3 is 43.6 Å². The van der Waals surface area contributed by atoms with Gasteiger partial charge >= 0.3 is 18.0 Å². The number of rotatable bonds is 9. The number of amides is 1. The van der Waals surface area contributed by atoms with Gasteiger partial charge in [-0.3, -0.25) is 4.79 Å². The van der Waals surface area contributed by atoms with Crippen LogP contribution in [0, 0.1) is 11.8 Å². The highest BCUT2D eigenvalue weighted by atomic mass is 16.7. The molecule has 0 saturated carbocycles. The third-order valence-electron chi connectivity index (χ3n) is 10.9. The molecule has 3 aliphatic heterocycles. The smallest absolute Gasteiger partial charge is 0.408 e. The van der Waals surface area contributed by atoms with E-state index in [4.69, 9.17) is 33.2 Å². The number of carbonyl (C=O) groups excluding carboxylic acids is 3. The molecule has 0 bridgehead atoms. The molecule has 3 heterocycles. The zero-order valence-corrected chi connectivity index (χ0v) is 31.1. The highest BCUT2D eigenvalue weighted by Gasteiger charge is 2.49. The van der Waals surface area contributed by atoms with Crippen molar-refractivity contribution in [3.8, 4) is 34.5 Å². The molecule has 2 N–H and O–H groups in total. The number of hydrogen-bond donors (Lipinski definition) is 2. The van der Waals surface area contributed by atoms with Gasteiger partial charge in [-0.2, -0.15) is 0 Å². The average molecular weight is 746 g/mol. The van der Waals surface area contributed by atoms with Crippen LogP contribution in [0.1, 0.15) is 68.7 Å². The van der Waals surface area contributed by atoms with Crippen molar-refractivity contribution >= 4 is 18.0 Å². The fourth-order valence-electron chi connectivity index (χ4n) is 8.50. The van der Waals surface area contributed by atoms with Crippen molar-refractivity contribution in [2.75, 3.05) is 27.6 Å². The van der Waals surface area contributed by atoms with Crippen molar-refractivity contribution in [2.45, 2.75) is 82.5 Å². The molecule has 4 aliphatic rings. The molecular weight excluding hydrogens is 700 g/mol. The quantitative estimate of drug-likeness (QED) is 0.216. The minimum absolute atomic E-state index is 0.00688. The maximum atomic E-state index is 14.1. The summed E-state index contributed by atoms with van der Waals surface area (Å²) in [5, 5.41) is 26.4. The zero-order valence-electron chi connectivity index (χ0n) is 31.1. The standard InChI is InChI=1S/C40H45N2O12/c1-39(2)17-26(18-40(3,4)42(39)47)53-38(46)41-28(11-21-7-9-25(43)10-8-21)36(44)54-35-31(48-5)14-23(15-32(35)49-6)33-27-16-30-29(51-20-52-30)13-22(27)12-24-19-50-37(45)34(24)33/h7-10,13-16,24,26,28,33-34,43H,11-12,17-20H2,1-6H3,(H,41,46)/t24?,28-,33+,34-/m0/s1. The molecule has 1 aliphatic carbocycles. The molecule has 7 rings (SSSR count). The van der Waals surface area contributed by atoms with Crippen LogP contribution < -0.4 is 29.0 Å². The molecule has 287 valence electrons. The van der Waals surface area contributed by atoms with Crippen LogP contribution in [0.3, 0.4) is 0 Å². The predicted molar refractivity (Wildman–Crippen MR) is 190 cm³/mol. The molecule has 2 fully saturated rings. The molecule has 1 unspecified atom stereocenters. The number of nitrogens with one attached hydrogen (secondary N) is 1. The topological polar surface area (TPSA) is 171 Å². The molecule has 3 aromatic rings. The predicted octanol–water partition coefficient (Wildman–Crippen LogP) is 5.23. The number of cyclic esters (lactones) is 1. The Morgan fingerprint density at radius 1 is 0.944 bits per heavy atom. The second-order valence-corrected chi connectivity index (χ2v) is 15.6. The number of esters is 2. The first-order valence-corrected chi connectivity index (χ1v) is 18.0. The maximum absolute atomic E-state index is 14.1. The summed E-state index contributed by atoms with van der Waals surface area (Å²) in [5.74, 6) is -0.591. The molecule has 0 spiro atoms. The number of hydrogen-bond acceptors (Lipinski definition) is 12. The van der Waals surface area contributed by atoms with E-state index in [-0.39, 0.29) is 48.1 Å². The van der Waals surface area contributed by atoms with Gasteiger partial charge in [0.25, 0.3) is 0 Å². The lowest BCUT2D eigenvalue weighted by atomic mass is 9.67. The Morgan fingerprint density at radius 3 is 2.20 bits per heavy atom. The first-order valence-electron chi connectivity index (χ1n) is 18.0. The van der Waals surface area contributed by atoms with Crippen LogP contribution in [0.15, 0.2) is 48.5 Å². The lowest BCUT2D eigenvalue weighted by Crippen LogP contribution is -2.60. The van der Waals surface area contributed by atoms with Crippen LogP contribution in [0.25, 0.3) is 0 Å². The fourth-order valence-corrected chi connectivity index (χ4v) is 8.50. The van der Waals surface area contributed by atoms with Gasteiger partial charge in [-0.05, 0) is 92.8 Å². The second-order valence-electron chi connectivity index (χ2n) is 15.6. The van der Waals surface area contributed by atoms with E-state index in [1.807, 2.05) is 12.1 Å². The van der Waals surface area contributed by atoms with Gasteiger partial charge in [0.2, 0.25) is 12.5 Å². The highest BCUT2D eigenvalue weighted by Crippen LogP contribution is 2.52. The van der Waals surface area contributed by atoms with E-state index in [9.17, 15) is 24.7 Å². The highest BCUT2D eigenvalue weighted by molar-refractivity contribution is 5.84. The third kappa shape index (κ3) is 7.07. The van der Waals surface area contributed by atoms with Crippen molar-refractivity contribution in [3.63, 3.8) is 0 Å². The first-order chi connectivity index (χ1) is 25.7. The monoisotopic (exact) mass is 745 g/mol. The number of phenols is 1. The van der Waals surface area contributed by atoms with Crippen molar-refractivity contribution in [1.82, 2.24) is 10.4 Å². The minimum atomic E-state index is -1.25. The number of benzene rings is 3. The van der Waals surface area contributed by atoms with Gasteiger partial charge in [0, 0.05) is 42.2 Å². The van der Waals surface area contributed by atoms with E-state index in [1.165, 1.54) is 26.4 Å². The second kappa shape index (κ2) is 14.2. The van der Waals surface area contributed by atoms with Crippen LogP contribution >= 0.6 is 0 Å². The van der Waals surface area contributed by atoms with E-state index < -0.39 is 47.1 Å². The molecule has 54 heavy (non-hydrogen) atoms. The maximum Gasteiger partial charge on any atom is 0.408 e. The third-order valence-corrected chi connectivity index (χ3v) is 10.9. The number of piperidine rings is 1. The van der Waals surface area contributed by atoms with E-state index in [1.54, 1.807) is 52.0 Å². The molecule has 4 atom stereocenters. The summed E-state index contributed by atoms with van der Waals surface area (Å²) in [4.78, 5) is 40.7. The van der Waals surface area contributed by atoms with Gasteiger partial charge in [0.05, 0.1) is 26.7 Å². The Hall–Kier alpha value is -5.21. The lowest BCUT2D eigenvalue weighted by molar-refractivity contribution is -0.298. The van der Waals surface area contributed by atoms with Crippen molar-refractivity contribution < 1.29 is 57.9 Å². The number of phenolic OH excluding ortho intramolecular Hbond substituents is 1. The summed E-state index contributed by atoms with van der Waals surface area (Å²) in [7, 11) is 2.85. The Balaban J connectivity index is 1.18. The van der Waals surface area contributed by atoms with Gasteiger partial charge in [0.1, 0.15) is 17.9 Å². The number of methoxy groups -OCH3 is 2. The van der Waals surface area contributed by atoms with Gasteiger partial charge in [-0.25, -0.2) is 9.59 Å². The molecular formula is C40H45N2O12. The van der Waals surface area contributed by atoms with Crippen molar-refractivity contribution in [1.29, 1.82) is 0 Å². The number of ether oxygens (including phenoxy) is 7. The Morgan fingerprint density at radius 2 is 1.57 bits per heavy atom. The van der Waals surface area contributed by atoms with E-state index in [2.05, 4.69) is 5.32 Å². The summed E-state index contributed by atoms with van der Waals surface area (Å²) in [6.45, 7) is 7.59. The summed E-state index contributed by atoms with van der Waals surface area (Å²) >= 11 is 0. The number of carbonyl (C=O) groups is 3. The summed E-state index contributed by atoms with van der Waals surface area (Å²) in [6.07, 6.45) is -0.207. The Bertz CT molecular complexity index is 1900. The van der Waals surface area contributed by atoms with Gasteiger partial charge in [-0.15, -0.1) is 10.3 Å².